The number of ether oxygens (including phenoxy) is 2. The van der Waals surface area contributed by atoms with Gasteiger partial charge in [0.1, 0.15) is 0 Å². The van der Waals surface area contributed by atoms with E-state index in [0.717, 1.165) is 6.07 Å². The highest BCUT2D eigenvalue weighted by atomic mass is 32.2. The zero-order valence-electron chi connectivity index (χ0n) is 12.4. The lowest BCUT2D eigenvalue weighted by Crippen LogP contribution is -2.38. The average Bonchev–Trinajstić information content (AvgIpc) is 2.83. The summed E-state index contributed by atoms with van der Waals surface area (Å²) in [4.78, 5) is 22.0. The number of sulfone groups is 1. The molecule has 1 saturated heterocycles. The van der Waals surface area contributed by atoms with Crippen molar-refractivity contribution in [3.8, 4) is 11.5 Å². The Morgan fingerprint density at radius 1 is 1.43 bits per heavy atom. The molecule has 23 heavy (non-hydrogen) atoms. The number of nitrogens with zero attached hydrogens (tertiary/aromatic N) is 1. The molecule has 126 valence electrons. The normalized spacial score (nSPS) is 19.1. The van der Waals surface area contributed by atoms with Crippen LogP contribution in [0.15, 0.2) is 18.2 Å². The van der Waals surface area contributed by atoms with E-state index in [1.807, 2.05) is 0 Å². The number of rotatable bonds is 6. The maximum absolute atomic E-state index is 11.8. The lowest BCUT2D eigenvalue weighted by Gasteiger charge is -2.13. The van der Waals surface area contributed by atoms with E-state index in [2.05, 4.69) is 5.32 Å². The van der Waals surface area contributed by atoms with Crippen LogP contribution in [0, 0.1) is 10.1 Å². The summed E-state index contributed by atoms with van der Waals surface area (Å²) >= 11 is 0. The van der Waals surface area contributed by atoms with Gasteiger partial charge in [-0.3, -0.25) is 14.9 Å². The minimum absolute atomic E-state index is 0.0531. The fourth-order valence-corrected chi connectivity index (χ4v) is 3.89. The fraction of sp³-hybridized carbons (Fsp3) is 0.462. The van der Waals surface area contributed by atoms with Crippen LogP contribution in [-0.4, -0.2) is 50.5 Å². The Labute approximate surface area is 132 Å². The Balaban J connectivity index is 1.96. The number of hydrogen-bond acceptors (Lipinski definition) is 7. The van der Waals surface area contributed by atoms with Crippen LogP contribution < -0.4 is 14.8 Å². The van der Waals surface area contributed by atoms with E-state index >= 15 is 0 Å². The molecule has 1 aromatic rings. The van der Waals surface area contributed by atoms with Crippen molar-refractivity contribution in [2.75, 3.05) is 25.2 Å². The highest BCUT2D eigenvalue weighted by molar-refractivity contribution is 7.91. The number of carbonyl (C=O) groups is 1. The third-order valence-electron chi connectivity index (χ3n) is 3.31. The summed E-state index contributed by atoms with van der Waals surface area (Å²) in [6.07, 6.45) is 0.369. The molecule has 0 unspecified atom stereocenters. The van der Waals surface area contributed by atoms with E-state index < -0.39 is 33.3 Å². The van der Waals surface area contributed by atoms with Crippen molar-refractivity contribution in [2.24, 2.45) is 0 Å². The number of nitro benzene ring substituents is 1. The summed E-state index contributed by atoms with van der Waals surface area (Å²) < 4.78 is 32.9. The molecular formula is C13H16N2O7S. The number of amides is 1. The summed E-state index contributed by atoms with van der Waals surface area (Å²) in [6, 6.07) is 3.36. The van der Waals surface area contributed by atoms with Crippen molar-refractivity contribution < 1.29 is 27.6 Å². The van der Waals surface area contributed by atoms with Gasteiger partial charge in [0.25, 0.3) is 11.6 Å². The monoisotopic (exact) mass is 344 g/mol. The molecule has 1 atom stereocenters. The van der Waals surface area contributed by atoms with Gasteiger partial charge in [-0.2, -0.15) is 0 Å². The van der Waals surface area contributed by atoms with Crippen molar-refractivity contribution in [2.45, 2.75) is 12.5 Å². The SMILES string of the molecule is COc1ccc([N+](=O)[O-])cc1OCC(=O)N[C@@H]1CCS(=O)(=O)C1. The number of carbonyl (C=O) groups excluding carboxylic acids is 1. The van der Waals surface area contributed by atoms with Crippen LogP contribution in [0.2, 0.25) is 0 Å². The third kappa shape index (κ3) is 4.55. The van der Waals surface area contributed by atoms with E-state index in [1.165, 1.54) is 19.2 Å². The van der Waals surface area contributed by atoms with E-state index in [1.54, 1.807) is 0 Å². The first-order valence-corrected chi connectivity index (χ1v) is 8.58. The molecule has 2 rings (SSSR count). The van der Waals surface area contributed by atoms with Gasteiger partial charge in [-0.25, -0.2) is 8.42 Å². The second kappa shape index (κ2) is 6.82. The smallest absolute Gasteiger partial charge is 0.273 e. The molecule has 0 bridgehead atoms. The number of nitro groups is 1. The van der Waals surface area contributed by atoms with E-state index in [0.29, 0.717) is 6.42 Å². The first kappa shape index (κ1) is 17.0. The lowest BCUT2D eigenvalue weighted by atomic mass is 10.2. The van der Waals surface area contributed by atoms with Crippen molar-refractivity contribution in [3.05, 3.63) is 28.3 Å². The number of non-ortho nitro benzene ring substituents is 1. The molecule has 1 heterocycles. The lowest BCUT2D eigenvalue weighted by molar-refractivity contribution is -0.385. The number of hydrogen-bond donors (Lipinski definition) is 1. The molecule has 0 aromatic heterocycles. The standard InChI is InChI=1S/C13H16N2O7S/c1-21-11-3-2-10(15(17)18)6-12(11)22-7-13(16)14-9-4-5-23(19,20)8-9/h2-3,6,9H,4-5,7-8H2,1H3,(H,14,16)/t9-/m1/s1. The van der Waals surface area contributed by atoms with Gasteiger partial charge in [0, 0.05) is 12.1 Å². The van der Waals surface area contributed by atoms with Crippen molar-refractivity contribution in [3.63, 3.8) is 0 Å². The number of nitrogens with one attached hydrogen (secondary N) is 1. The first-order chi connectivity index (χ1) is 10.8. The average molecular weight is 344 g/mol. The Morgan fingerprint density at radius 3 is 2.74 bits per heavy atom. The second-order valence-electron chi connectivity index (χ2n) is 5.05. The first-order valence-electron chi connectivity index (χ1n) is 6.76. The van der Waals surface area contributed by atoms with E-state index in [4.69, 9.17) is 9.47 Å². The van der Waals surface area contributed by atoms with Crippen LogP contribution in [-0.2, 0) is 14.6 Å². The van der Waals surface area contributed by atoms with Crippen LogP contribution in [0.4, 0.5) is 5.69 Å². The van der Waals surface area contributed by atoms with Gasteiger partial charge in [0.15, 0.2) is 27.9 Å². The molecule has 0 spiro atoms. The Bertz CT molecular complexity index is 717. The Morgan fingerprint density at radius 2 is 2.17 bits per heavy atom. The predicted molar refractivity (Wildman–Crippen MR) is 80.3 cm³/mol. The van der Waals surface area contributed by atoms with Gasteiger partial charge >= 0.3 is 0 Å². The molecule has 10 heteroatoms. The Kier molecular flexibility index (Phi) is 5.04. The zero-order valence-corrected chi connectivity index (χ0v) is 13.2. The zero-order chi connectivity index (χ0) is 17.0. The van der Waals surface area contributed by atoms with Gasteiger partial charge in [0.2, 0.25) is 0 Å². The third-order valence-corrected chi connectivity index (χ3v) is 5.08. The highest BCUT2D eigenvalue weighted by Crippen LogP contribution is 2.31. The maximum atomic E-state index is 11.8. The van der Waals surface area contributed by atoms with Crippen LogP contribution in [0.1, 0.15) is 6.42 Å². The molecule has 1 fully saturated rings. The molecule has 0 radical (unpaired) electrons. The molecule has 1 aliphatic heterocycles. The van der Waals surface area contributed by atoms with E-state index in [9.17, 15) is 23.3 Å². The van der Waals surface area contributed by atoms with Gasteiger partial charge in [-0.1, -0.05) is 0 Å². The molecule has 1 N–H and O–H groups in total. The molecule has 9 nitrogen and oxygen atoms in total. The molecule has 1 aliphatic rings. The minimum atomic E-state index is -3.08. The van der Waals surface area contributed by atoms with Gasteiger partial charge in [-0.15, -0.1) is 0 Å². The summed E-state index contributed by atoms with van der Waals surface area (Å²) in [5.41, 5.74) is -0.192. The summed E-state index contributed by atoms with van der Waals surface area (Å²) in [5.74, 6) is -0.209. The number of benzene rings is 1. The van der Waals surface area contributed by atoms with Gasteiger partial charge in [0.05, 0.1) is 29.6 Å². The van der Waals surface area contributed by atoms with Crippen LogP contribution in [0.25, 0.3) is 0 Å². The Hall–Kier alpha value is -2.36. The fourth-order valence-electron chi connectivity index (χ4n) is 2.21. The molecule has 0 saturated carbocycles. The summed E-state index contributed by atoms with van der Waals surface area (Å²) in [5, 5.41) is 13.3. The molecule has 0 aliphatic carbocycles. The van der Waals surface area contributed by atoms with Crippen LogP contribution >= 0.6 is 0 Å². The quantitative estimate of drug-likeness (QED) is 0.580. The van der Waals surface area contributed by atoms with Crippen molar-refractivity contribution >= 4 is 21.4 Å². The summed E-state index contributed by atoms with van der Waals surface area (Å²) in [7, 11) is -1.71. The second-order valence-corrected chi connectivity index (χ2v) is 7.28. The minimum Gasteiger partial charge on any atom is -0.493 e. The van der Waals surface area contributed by atoms with Crippen molar-refractivity contribution in [1.82, 2.24) is 5.32 Å². The van der Waals surface area contributed by atoms with Crippen molar-refractivity contribution in [1.29, 1.82) is 0 Å². The topological polar surface area (TPSA) is 125 Å². The van der Waals surface area contributed by atoms with Gasteiger partial charge < -0.3 is 14.8 Å². The molecule has 1 aromatic carbocycles. The number of methoxy groups -OCH3 is 1. The highest BCUT2D eigenvalue weighted by Gasteiger charge is 2.29. The predicted octanol–water partition coefficient (Wildman–Crippen LogP) is 0.285. The van der Waals surface area contributed by atoms with Crippen LogP contribution in [0.3, 0.4) is 0 Å². The van der Waals surface area contributed by atoms with Gasteiger partial charge in [-0.05, 0) is 12.5 Å². The van der Waals surface area contributed by atoms with E-state index in [-0.39, 0.29) is 28.7 Å². The molecular weight excluding hydrogens is 328 g/mol. The molecule has 1 amide bonds. The van der Waals surface area contributed by atoms with Crippen LogP contribution in [0.5, 0.6) is 11.5 Å². The maximum Gasteiger partial charge on any atom is 0.273 e. The summed E-state index contributed by atoms with van der Waals surface area (Å²) in [6.45, 7) is -0.395. The largest absolute Gasteiger partial charge is 0.493 e.